The lowest BCUT2D eigenvalue weighted by molar-refractivity contribution is 0.385. The topological polar surface area (TPSA) is 54.6 Å². The van der Waals surface area contributed by atoms with E-state index in [4.69, 9.17) is 4.74 Å². The van der Waals surface area contributed by atoms with Crippen molar-refractivity contribution >= 4 is 15.9 Å². The van der Waals surface area contributed by atoms with Gasteiger partial charge in [0.1, 0.15) is 5.75 Å². The number of halogens is 1. The number of benzene rings is 1. The van der Waals surface area contributed by atoms with E-state index in [0.29, 0.717) is 6.42 Å². The van der Waals surface area contributed by atoms with E-state index in [1.165, 1.54) is 4.57 Å². The number of aromatic nitrogens is 1. The van der Waals surface area contributed by atoms with Gasteiger partial charge in [0.05, 0.1) is 17.1 Å². The number of ether oxygens (including phenoxy) is 1. The van der Waals surface area contributed by atoms with E-state index in [2.05, 4.69) is 15.9 Å². The minimum atomic E-state index is 0.102. The van der Waals surface area contributed by atoms with Gasteiger partial charge in [0.2, 0.25) is 5.88 Å². The summed E-state index contributed by atoms with van der Waals surface area (Å²) in [5.41, 5.74) is 3.59. The van der Waals surface area contributed by atoms with Crippen LogP contribution in [-0.2, 0) is 19.9 Å². The molecule has 0 saturated carbocycles. The summed E-state index contributed by atoms with van der Waals surface area (Å²) in [6.07, 6.45) is 1.51. The van der Waals surface area contributed by atoms with Crippen molar-refractivity contribution in [2.45, 2.75) is 12.8 Å². The van der Waals surface area contributed by atoms with Crippen molar-refractivity contribution in [1.29, 1.82) is 0 Å². The largest absolute Gasteiger partial charge is 0.496 e. The minimum Gasteiger partial charge on any atom is -0.496 e. The fourth-order valence-electron chi connectivity index (χ4n) is 2.72. The fraction of sp³-hybridized carbons (Fsp3) is 0.286. The van der Waals surface area contributed by atoms with E-state index in [1.54, 1.807) is 14.2 Å². The Morgan fingerprint density at radius 1 is 1.16 bits per heavy atom. The average molecular weight is 324 g/mol. The van der Waals surface area contributed by atoms with Crippen molar-refractivity contribution < 1.29 is 14.9 Å². The van der Waals surface area contributed by atoms with Gasteiger partial charge in [-0.1, -0.05) is 6.07 Å². The fourth-order valence-corrected chi connectivity index (χ4v) is 3.43. The van der Waals surface area contributed by atoms with Crippen LogP contribution in [0.25, 0.3) is 11.1 Å². The summed E-state index contributed by atoms with van der Waals surface area (Å²) in [5, 5.41) is 20.2. The van der Waals surface area contributed by atoms with Gasteiger partial charge in [-0.05, 0) is 46.0 Å². The summed E-state index contributed by atoms with van der Waals surface area (Å²) in [6, 6.07) is 3.79. The molecule has 2 aromatic rings. The lowest BCUT2D eigenvalue weighted by Gasteiger charge is -2.19. The Bertz CT molecular complexity index is 676. The van der Waals surface area contributed by atoms with Gasteiger partial charge in [0, 0.05) is 12.6 Å². The van der Waals surface area contributed by atoms with E-state index >= 15 is 0 Å². The normalized spacial score (nSPS) is 13.0. The van der Waals surface area contributed by atoms with Gasteiger partial charge in [0.25, 0.3) is 0 Å². The van der Waals surface area contributed by atoms with Crippen LogP contribution < -0.4 is 4.74 Å². The number of aromatic hydroxyl groups is 2. The molecule has 1 aliphatic carbocycles. The van der Waals surface area contributed by atoms with Gasteiger partial charge in [-0.15, -0.1) is 0 Å². The molecule has 100 valence electrons. The first-order valence-electron chi connectivity index (χ1n) is 6.01. The molecule has 5 heteroatoms. The van der Waals surface area contributed by atoms with Crippen LogP contribution in [0.1, 0.15) is 11.1 Å². The first-order chi connectivity index (χ1) is 9.06. The summed E-state index contributed by atoms with van der Waals surface area (Å²) < 4.78 is 7.63. The molecule has 2 N–H and O–H groups in total. The zero-order valence-corrected chi connectivity index (χ0v) is 12.3. The maximum absolute atomic E-state index is 10.2. The Kier molecular flexibility index (Phi) is 2.74. The van der Waals surface area contributed by atoms with E-state index in [9.17, 15) is 10.2 Å². The van der Waals surface area contributed by atoms with E-state index < -0.39 is 0 Å². The molecule has 1 aromatic heterocycles. The van der Waals surface area contributed by atoms with Crippen LogP contribution in [0.3, 0.4) is 0 Å². The lowest BCUT2D eigenvalue weighted by Crippen LogP contribution is -2.04. The zero-order valence-electron chi connectivity index (χ0n) is 10.7. The van der Waals surface area contributed by atoms with Crippen molar-refractivity contribution in [2.24, 2.45) is 7.05 Å². The third-order valence-corrected chi connectivity index (χ3v) is 4.62. The average Bonchev–Trinajstić information content (AvgIpc) is 2.64. The summed E-state index contributed by atoms with van der Waals surface area (Å²) >= 11 is 3.55. The van der Waals surface area contributed by atoms with Crippen LogP contribution in [0.5, 0.6) is 17.5 Å². The molecule has 0 radical (unpaired) electrons. The Hall–Kier alpha value is -1.62. The maximum atomic E-state index is 10.2. The Balaban J connectivity index is 2.31. The molecule has 0 aliphatic heterocycles. The first kappa shape index (κ1) is 12.4. The third-order valence-electron chi connectivity index (χ3n) is 3.75. The van der Waals surface area contributed by atoms with Gasteiger partial charge in [-0.25, -0.2) is 0 Å². The Morgan fingerprint density at radius 2 is 1.84 bits per heavy atom. The highest BCUT2D eigenvalue weighted by atomic mass is 79.9. The molecule has 19 heavy (non-hydrogen) atoms. The number of rotatable bonds is 1. The minimum absolute atomic E-state index is 0.102. The zero-order chi connectivity index (χ0) is 13.7. The number of fused-ring (bicyclic) bond motifs is 3. The molecule has 1 aliphatic rings. The van der Waals surface area contributed by atoms with Gasteiger partial charge in [-0.3, -0.25) is 4.57 Å². The predicted octanol–water partition coefficient (Wildman–Crippen LogP) is 2.97. The molecule has 4 nitrogen and oxygen atoms in total. The molecular formula is C14H14BrNO3. The Morgan fingerprint density at radius 3 is 2.53 bits per heavy atom. The van der Waals surface area contributed by atoms with Crippen molar-refractivity contribution in [3.63, 3.8) is 0 Å². The van der Waals surface area contributed by atoms with Crippen molar-refractivity contribution in [2.75, 3.05) is 7.11 Å². The second kappa shape index (κ2) is 4.20. The molecule has 0 unspecified atom stereocenters. The second-order valence-electron chi connectivity index (χ2n) is 4.67. The van der Waals surface area contributed by atoms with Gasteiger partial charge >= 0.3 is 0 Å². The van der Waals surface area contributed by atoms with E-state index in [-0.39, 0.29) is 11.8 Å². The molecule has 0 bridgehead atoms. The quantitative estimate of drug-likeness (QED) is 0.848. The molecule has 0 fully saturated rings. The Labute approximate surface area is 119 Å². The SMILES string of the molecule is COc1ccc2c(c1Br)CCc1c-2c(O)n(C)c1O. The molecule has 0 atom stereocenters. The summed E-state index contributed by atoms with van der Waals surface area (Å²) in [7, 11) is 3.29. The maximum Gasteiger partial charge on any atom is 0.202 e. The number of hydrogen-bond acceptors (Lipinski definition) is 3. The van der Waals surface area contributed by atoms with Crippen LogP contribution >= 0.6 is 15.9 Å². The highest BCUT2D eigenvalue weighted by molar-refractivity contribution is 9.10. The molecule has 0 spiro atoms. The van der Waals surface area contributed by atoms with Gasteiger partial charge in [-0.2, -0.15) is 0 Å². The smallest absolute Gasteiger partial charge is 0.202 e. The predicted molar refractivity (Wildman–Crippen MR) is 75.8 cm³/mol. The number of methoxy groups -OCH3 is 1. The summed E-state index contributed by atoms with van der Waals surface area (Å²) in [5.74, 6) is 1.03. The van der Waals surface area contributed by atoms with Gasteiger partial charge < -0.3 is 14.9 Å². The molecule has 1 aromatic carbocycles. The van der Waals surface area contributed by atoms with E-state index in [0.717, 1.165) is 38.9 Å². The molecule has 0 saturated heterocycles. The second-order valence-corrected chi connectivity index (χ2v) is 5.46. The number of hydrogen-bond donors (Lipinski definition) is 2. The molecule has 0 amide bonds. The van der Waals surface area contributed by atoms with Crippen LogP contribution in [0.4, 0.5) is 0 Å². The van der Waals surface area contributed by atoms with Crippen LogP contribution in [0, 0.1) is 0 Å². The van der Waals surface area contributed by atoms with Crippen LogP contribution in [0.2, 0.25) is 0 Å². The highest BCUT2D eigenvalue weighted by Crippen LogP contribution is 2.48. The first-order valence-corrected chi connectivity index (χ1v) is 6.80. The molecular weight excluding hydrogens is 310 g/mol. The third kappa shape index (κ3) is 1.57. The molecule has 1 heterocycles. The standard InChI is InChI=1S/C14H14BrNO3/c1-16-13(17)9-4-3-8-7(11(9)14(16)18)5-6-10(19-2)12(8)15/h5-6,17-18H,3-4H2,1-2H3. The van der Waals surface area contributed by atoms with Gasteiger partial charge in [0.15, 0.2) is 5.88 Å². The summed E-state index contributed by atoms with van der Waals surface area (Å²) in [6.45, 7) is 0. The van der Waals surface area contributed by atoms with Crippen molar-refractivity contribution in [1.82, 2.24) is 4.57 Å². The monoisotopic (exact) mass is 323 g/mol. The van der Waals surface area contributed by atoms with Crippen LogP contribution in [0.15, 0.2) is 16.6 Å². The molecule has 3 rings (SSSR count). The number of nitrogens with zero attached hydrogens (tertiary/aromatic N) is 1. The van der Waals surface area contributed by atoms with Crippen molar-refractivity contribution in [3.05, 3.63) is 27.7 Å². The lowest BCUT2D eigenvalue weighted by atomic mass is 9.87. The van der Waals surface area contributed by atoms with Crippen molar-refractivity contribution in [3.8, 4) is 28.6 Å². The summed E-state index contributed by atoms with van der Waals surface area (Å²) in [4.78, 5) is 0. The van der Waals surface area contributed by atoms with E-state index in [1.807, 2.05) is 12.1 Å². The highest BCUT2D eigenvalue weighted by Gasteiger charge is 2.28. The van der Waals surface area contributed by atoms with Crippen LogP contribution in [-0.4, -0.2) is 21.9 Å².